The Balaban J connectivity index is 2.44. The van der Waals surface area contributed by atoms with Crippen molar-refractivity contribution in [3.8, 4) is 5.75 Å². The molecule has 1 amide bonds. The van der Waals surface area contributed by atoms with E-state index in [4.69, 9.17) is 0 Å². The maximum Gasteiger partial charge on any atom is 0.230 e. The van der Waals surface area contributed by atoms with Crippen LogP contribution in [0.3, 0.4) is 0 Å². The minimum absolute atomic E-state index is 0.0155. The van der Waals surface area contributed by atoms with E-state index in [1.54, 1.807) is 18.2 Å². The van der Waals surface area contributed by atoms with Gasteiger partial charge in [-0.1, -0.05) is 12.1 Å². The molecule has 0 saturated carbocycles. The molecule has 0 bridgehead atoms. The van der Waals surface area contributed by atoms with E-state index in [1.807, 2.05) is 19.9 Å². The van der Waals surface area contributed by atoms with Crippen molar-refractivity contribution in [2.24, 2.45) is 0 Å². The molecule has 0 aromatic heterocycles. The molecule has 0 aliphatic rings. The first-order valence-corrected chi connectivity index (χ1v) is 5.78. The van der Waals surface area contributed by atoms with Crippen LogP contribution in [0.4, 0.5) is 0 Å². The summed E-state index contributed by atoms with van der Waals surface area (Å²) in [4.78, 5) is 12.1. The third kappa shape index (κ3) is 4.25. The summed E-state index contributed by atoms with van der Waals surface area (Å²) in [6, 6.07) is 7.16. The number of carbonyl (C=O) groups excluding carboxylic acids is 1. The van der Waals surface area contributed by atoms with E-state index in [9.17, 15) is 9.90 Å². The fraction of sp³-hybridized carbons (Fsp3) is 0.364. The Labute approximate surface area is 93.9 Å². The van der Waals surface area contributed by atoms with Crippen LogP contribution in [0.5, 0.6) is 5.75 Å². The Morgan fingerprint density at radius 1 is 1.47 bits per heavy atom. The second-order valence-electron chi connectivity index (χ2n) is 3.48. The summed E-state index contributed by atoms with van der Waals surface area (Å²) >= 11 is 1.34. The van der Waals surface area contributed by atoms with Crippen LogP contribution in [0.15, 0.2) is 29.2 Å². The van der Waals surface area contributed by atoms with Gasteiger partial charge in [-0.05, 0) is 26.0 Å². The Kier molecular flexibility index (Phi) is 4.49. The maximum atomic E-state index is 11.3. The zero-order chi connectivity index (χ0) is 11.3. The second kappa shape index (κ2) is 5.66. The van der Waals surface area contributed by atoms with Crippen LogP contribution >= 0.6 is 11.8 Å². The highest BCUT2D eigenvalue weighted by atomic mass is 32.2. The Morgan fingerprint density at radius 2 is 2.13 bits per heavy atom. The first kappa shape index (κ1) is 11.9. The predicted molar refractivity (Wildman–Crippen MR) is 62.1 cm³/mol. The van der Waals surface area contributed by atoms with E-state index < -0.39 is 0 Å². The molecule has 0 aliphatic carbocycles. The molecule has 2 N–H and O–H groups in total. The molecule has 0 fully saturated rings. The lowest BCUT2D eigenvalue weighted by Gasteiger charge is -2.08. The Morgan fingerprint density at radius 3 is 2.73 bits per heavy atom. The van der Waals surface area contributed by atoms with E-state index in [1.165, 1.54) is 11.8 Å². The zero-order valence-electron chi connectivity index (χ0n) is 8.86. The van der Waals surface area contributed by atoms with Gasteiger partial charge < -0.3 is 10.4 Å². The van der Waals surface area contributed by atoms with Gasteiger partial charge in [0.05, 0.1) is 5.75 Å². The van der Waals surface area contributed by atoms with E-state index in [-0.39, 0.29) is 17.7 Å². The van der Waals surface area contributed by atoms with Gasteiger partial charge in [0.15, 0.2) is 0 Å². The SMILES string of the molecule is CC(C)NC(=O)CSc1ccccc1O. The summed E-state index contributed by atoms with van der Waals surface area (Å²) in [5, 5.41) is 12.2. The van der Waals surface area contributed by atoms with Gasteiger partial charge in [-0.15, -0.1) is 11.8 Å². The molecular weight excluding hydrogens is 210 g/mol. The number of aromatic hydroxyl groups is 1. The molecule has 82 valence electrons. The second-order valence-corrected chi connectivity index (χ2v) is 4.50. The van der Waals surface area contributed by atoms with E-state index in [0.717, 1.165) is 4.90 Å². The van der Waals surface area contributed by atoms with Crippen molar-refractivity contribution in [3.63, 3.8) is 0 Å². The number of hydrogen-bond donors (Lipinski definition) is 2. The maximum absolute atomic E-state index is 11.3. The van der Waals surface area contributed by atoms with Crippen LogP contribution in [0.25, 0.3) is 0 Å². The fourth-order valence-electron chi connectivity index (χ4n) is 1.09. The molecule has 0 radical (unpaired) electrons. The number of para-hydroxylation sites is 1. The average molecular weight is 225 g/mol. The van der Waals surface area contributed by atoms with Gasteiger partial charge in [0.25, 0.3) is 0 Å². The largest absolute Gasteiger partial charge is 0.507 e. The van der Waals surface area contributed by atoms with Crippen molar-refractivity contribution in [2.75, 3.05) is 5.75 Å². The highest BCUT2D eigenvalue weighted by Crippen LogP contribution is 2.27. The lowest BCUT2D eigenvalue weighted by atomic mass is 10.3. The standard InChI is InChI=1S/C11H15NO2S/c1-8(2)12-11(14)7-15-10-6-4-3-5-9(10)13/h3-6,8,13H,7H2,1-2H3,(H,12,14). The van der Waals surface area contributed by atoms with Gasteiger partial charge in [0.1, 0.15) is 5.75 Å². The predicted octanol–water partition coefficient (Wildman–Crippen LogP) is 2.01. The first-order valence-electron chi connectivity index (χ1n) is 4.79. The van der Waals surface area contributed by atoms with Gasteiger partial charge in [-0.25, -0.2) is 0 Å². The number of nitrogens with one attached hydrogen (secondary N) is 1. The normalized spacial score (nSPS) is 10.3. The summed E-state index contributed by atoms with van der Waals surface area (Å²) in [5.74, 6) is 0.536. The number of carbonyl (C=O) groups is 1. The summed E-state index contributed by atoms with van der Waals surface area (Å²) in [7, 11) is 0. The number of amides is 1. The molecule has 0 heterocycles. The van der Waals surface area contributed by atoms with E-state index in [0.29, 0.717) is 5.75 Å². The summed E-state index contributed by atoms with van der Waals surface area (Å²) in [5.41, 5.74) is 0. The highest BCUT2D eigenvalue weighted by Gasteiger charge is 2.06. The van der Waals surface area contributed by atoms with Crippen LogP contribution in [0.2, 0.25) is 0 Å². The van der Waals surface area contributed by atoms with Crippen molar-refractivity contribution in [1.82, 2.24) is 5.32 Å². The Hall–Kier alpha value is -1.16. The van der Waals surface area contributed by atoms with Gasteiger partial charge in [0, 0.05) is 10.9 Å². The highest BCUT2D eigenvalue weighted by molar-refractivity contribution is 8.00. The minimum Gasteiger partial charge on any atom is -0.507 e. The van der Waals surface area contributed by atoms with Gasteiger partial charge in [-0.2, -0.15) is 0 Å². The average Bonchev–Trinajstić information content (AvgIpc) is 2.15. The van der Waals surface area contributed by atoms with Gasteiger partial charge in [-0.3, -0.25) is 4.79 Å². The summed E-state index contributed by atoms with van der Waals surface area (Å²) < 4.78 is 0. The summed E-state index contributed by atoms with van der Waals surface area (Å²) in [6.45, 7) is 3.84. The molecule has 15 heavy (non-hydrogen) atoms. The minimum atomic E-state index is -0.0155. The zero-order valence-corrected chi connectivity index (χ0v) is 9.67. The third-order valence-electron chi connectivity index (χ3n) is 1.67. The lowest BCUT2D eigenvalue weighted by molar-refractivity contribution is -0.119. The first-order chi connectivity index (χ1) is 7.09. The van der Waals surface area contributed by atoms with E-state index in [2.05, 4.69) is 5.32 Å². The van der Waals surface area contributed by atoms with Crippen LogP contribution in [0.1, 0.15) is 13.8 Å². The van der Waals surface area contributed by atoms with Crippen LogP contribution in [0, 0.1) is 0 Å². The van der Waals surface area contributed by atoms with Gasteiger partial charge >= 0.3 is 0 Å². The molecule has 4 heteroatoms. The molecular formula is C11H15NO2S. The molecule has 0 atom stereocenters. The molecule has 0 saturated heterocycles. The smallest absolute Gasteiger partial charge is 0.230 e. The van der Waals surface area contributed by atoms with Crippen molar-refractivity contribution >= 4 is 17.7 Å². The van der Waals surface area contributed by atoms with Crippen molar-refractivity contribution in [2.45, 2.75) is 24.8 Å². The van der Waals surface area contributed by atoms with Crippen LogP contribution < -0.4 is 5.32 Å². The van der Waals surface area contributed by atoms with Crippen molar-refractivity contribution < 1.29 is 9.90 Å². The van der Waals surface area contributed by atoms with Gasteiger partial charge in [0.2, 0.25) is 5.91 Å². The molecule has 3 nitrogen and oxygen atoms in total. The number of phenolic OH excluding ortho intramolecular Hbond substituents is 1. The number of rotatable bonds is 4. The number of benzene rings is 1. The number of thioether (sulfide) groups is 1. The molecule has 0 spiro atoms. The number of hydrogen-bond acceptors (Lipinski definition) is 3. The Bertz CT molecular complexity index is 339. The summed E-state index contributed by atoms with van der Waals surface area (Å²) in [6.07, 6.45) is 0. The molecule has 0 aliphatic heterocycles. The van der Waals surface area contributed by atoms with Crippen LogP contribution in [-0.2, 0) is 4.79 Å². The monoisotopic (exact) mass is 225 g/mol. The fourth-order valence-corrected chi connectivity index (χ4v) is 1.85. The van der Waals surface area contributed by atoms with Crippen molar-refractivity contribution in [3.05, 3.63) is 24.3 Å². The third-order valence-corrected chi connectivity index (χ3v) is 2.74. The molecule has 0 unspecified atom stereocenters. The molecule has 1 aromatic rings. The molecule has 1 aromatic carbocycles. The van der Waals surface area contributed by atoms with Crippen LogP contribution in [-0.4, -0.2) is 22.8 Å². The quantitative estimate of drug-likeness (QED) is 0.771. The number of phenols is 1. The van der Waals surface area contributed by atoms with Crippen molar-refractivity contribution in [1.29, 1.82) is 0 Å². The molecule has 1 rings (SSSR count). The lowest BCUT2D eigenvalue weighted by Crippen LogP contribution is -2.31. The van der Waals surface area contributed by atoms with E-state index >= 15 is 0 Å². The topological polar surface area (TPSA) is 49.3 Å².